The Hall–Kier alpha value is -2.08. The Morgan fingerprint density at radius 1 is 1.27 bits per heavy atom. The molecular formula is C19H17Cl2N3O2. The van der Waals surface area contributed by atoms with Crippen LogP contribution in [0, 0.1) is 6.92 Å². The lowest BCUT2D eigenvalue weighted by Crippen LogP contribution is -2.35. The number of nitrogens with zero attached hydrogens (tertiary/aromatic N) is 2. The van der Waals surface area contributed by atoms with Crippen molar-refractivity contribution in [1.82, 2.24) is 14.9 Å². The average molecular weight is 390 g/mol. The predicted molar refractivity (Wildman–Crippen MR) is 102 cm³/mol. The average Bonchev–Trinajstić information content (AvgIpc) is 3.03. The van der Waals surface area contributed by atoms with E-state index in [-0.39, 0.29) is 5.56 Å². The third-order valence-electron chi connectivity index (χ3n) is 4.50. The number of benzene rings is 1. The molecule has 0 bridgehead atoms. The molecule has 5 nitrogen and oxygen atoms in total. The van der Waals surface area contributed by atoms with Gasteiger partial charge in [-0.25, -0.2) is 4.98 Å². The van der Waals surface area contributed by atoms with E-state index in [2.05, 4.69) is 14.9 Å². The number of hydrogen-bond donors (Lipinski definition) is 1. The lowest BCUT2D eigenvalue weighted by molar-refractivity contribution is 0.223. The van der Waals surface area contributed by atoms with Crippen molar-refractivity contribution < 1.29 is 4.42 Å². The summed E-state index contributed by atoms with van der Waals surface area (Å²) in [5, 5.41) is 1.14. The van der Waals surface area contributed by atoms with E-state index >= 15 is 0 Å². The van der Waals surface area contributed by atoms with E-state index in [0.717, 1.165) is 35.5 Å². The molecule has 0 spiro atoms. The number of fused-ring (bicyclic) bond motifs is 1. The maximum atomic E-state index is 12.2. The third-order valence-corrected chi connectivity index (χ3v) is 5.05. The molecule has 3 aromatic rings. The molecule has 0 saturated heterocycles. The summed E-state index contributed by atoms with van der Waals surface area (Å²) in [4.78, 5) is 21.6. The van der Waals surface area contributed by atoms with Crippen molar-refractivity contribution in [2.75, 3.05) is 6.54 Å². The fourth-order valence-corrected chi connectivity index (χ4v) is 3.76. The molecule has 1 aliphatic heterocycles. The van der Waals surface area contributed by atoms with E-state index in [9.17, 15) is 4.79 Å². The standard InChI is InChI=1S/C19H17Cl2N3O2/c1-11-22-17-6-7-24(10-15(17)19(25)23-11)9-13-3-5-18(26-13)14-4-2-12(20)8-16(14)21/h2-5,8H,6-7,9-10H2,1H3,(H,22,23,25). The molecule has 0 atom stereocenters. The molecule has 0 unspecified atom stereocenters. The van der Waals surface area contributed by atoms with Crippen LogP contribution < -0.4 is 5.56 Å². The summed E-state index contributed by atoms with van der Waals surface area (Å²) in [6, 6.07) is 9.17. The van der Waals surface area contributed by atoms with Gasteiger partial charge in [0.1, 0.15) is 17.3 Å². The highest BCUT2D eigenvalue weighted by Gasteiger charge is 2.21. The van der Waals surface area contributed by atoms with Crippen molar-refractivity contribution in [3.05, 3.63) is 73.6 Å². The molecule has 0 fully saturated rings. The molecule has 0 saturated carbocycles. The molecule has 0 radical (unpaired) electrons. The fourth-order valence-electron chi connectivity index (χ4n) is 3.26. The Balaban J connectivity index is 1.52. The molecule has 2 aromatic heterocycles. The highest BCUT2D eigenvalue weighted by Crippen LogP contribution is 2.32. The Bertz CT molecular complexity index is 1030. The maximum absolute atomic E-state index is 12.2. The number of halogens is 2. The number of rotatable bonds is 3. The zero-order valence-corrected chi connectivity index (χ0v) is 15.7. The number of hydrogen-bond acceptors (Lipinski definition) is 4. The fraction of sp³-hybridized carbons (Fsp3) is 0.263. The van der Waals surface area contributed by atoms with Gasteiger partial charge in [-0.2, -0.15) is 0 Å². The van der Waals surface area contributed by atoms with Crippen molar-refractivity contribution >= 4 is 23.2 Å². The van der Waals surface area contributed by atoms with E-state index in [1.54, 1.807) is 19.1 Å². The first-order valence-electron chi connectivity index (χ1n) is 8.35. The van der Waals surface area contributed by atoms with Crippen LogP contribution in [-0.2, 0) is 19.5 Å². The summed E-state index contributed by atoms with van der Waals surface area (Å²) in [5.74, 6) is 2.19. The van der Waals surface area contributed by atoms with Crippen LogP contribution >= 0.6 is 23.2 Å². The molecule has 4 rings (SSSR count). The highest BCUT2D eigenvalue weighted by atomic mass is 35.5. The van der Waals surface area contributed by atoms with Gasteiger partial charge >= 0.3 is 0 Å². The second kappa shape index (κ2) is 6.91. The van der Waals surface area contributed by atoms with Gasteiger partial charge in [0, 0.05) is 30.1 Å². The summed E-state index contributed by atoms with van der Waals surface area (Å²) in [7, 11) is 0. The van der Waals surface area contributed by atoms with Crippen molar-refractivity contribution in [2.45, 2.75) is 26.4 Å². The molecule has 7 heteroatoms. The number of furan rings is 1. The molecule has 1 aliphatic rings. The number of H-pyrrole nitrogens is 1. The molecule has 0 amide bonds. The maximum Gasteiger partial charge on any atom is 0.255 e. The summed E-state index contributed by atoms with van der Waals surface area (Å²) in [5.41, 5.74) is 2.40. The van der Waals surface area contributed by atoms with E-state index in [0.29, 0.717) is 34.7 Å². The summed E-state index contributed by atoms with van der Waals surface area (Å²) in [6.45, 7) is 3.83. The number of nitrogens with one attached hydrogen (secondary N) is 1. The molecule has 0 aliphatic carbocycles. The predicted octanol–water partition coefficient (Wildman–Crippen LogP) is 4.20. The van der Waals surface area contributed by atoms with Crippen LogP contribution in [0.1, 0.15) is 22.8 Å². The zero-order valence-electron chi connectivity index (χ0n) is 14.2. The normalized spacial score (nSPS) is 14.4. The molecular weight excluding hydrogens is 373 g/mol. The van der Waals surface area contributed by atoms with Crippen molar-refractivity contribution in [1.29, 1.82) is 0 Å². The van der Waals surface area contributed by atoms with E-state index in [4.69, 9.17) is 27.6 Å². The zero-order chi connectivity index (χ0) is 18.3. The van der Waals surface area contributed by atoms with Gasteiger partial charge < -0.3 is 9.40 Å². The first kappa shape index (κ1) is 17.3. The van der Waals surface area contributed by atoms with Crippen molar-refractivity contribution in [3.8, 4) is 11.3 Å². The topological polar surface area (TPSA) is 62.1 Å². The van der Waals surface area contributed by atoms with Crippen LogP contribution in [0.15, 0.2) is 39.5 Å². The monoisotopic (exact) mass is 389 g/mol. The molecule has 1 N–H and O–H groups in total. The molecule has 3 heterocycles. The van der Waals surface area contributed by atoms with Gasteiger partial charge in [0.05, 0.1) is 22.8 Å². The Morgan fingerprint density at radius 3 is 2.92 bits per heavy atom. The van der Waals surface area contributed by atoms with Crippen molar-refractivity contribution in [2.24, 2.45) is 0 Å². The van der Waals surface area contributed by atoms with E-state index in [1.165, 1.54) is 0 Å². The highest BCUT2D eigenvalue weighted by molar-refractivity contribution is 6.36. The SMILES string of the molecule is Cc1nc2c(c(=O)[nH]1)CN(Cc1ccc(-c3ccc(Cl)cc3Cl)o1)CC2. The van der Waals surface area contributed by atoms with Crippen LogP contribution in [-0.4, -0.2) is 21.4 Å². The minimum absolute atomic E-state index is 0.0507. The van der Waals surface area contributed by atoms with Crippen LogP contribution in [0.3, 0.4) is 0 Å². The minimum atomic E-state index is -0.0507. The van der Waals surface area contributed by atoms with E-state index in [1.807, 2.05) is 18.2 Å². The third kappa shape index (κ3) is 3.43. The summed E-state index contributed by atoms with van der Waals surface area (Å²) in [6.07, 6.45) is 0.761. The first-order valence-corrected chi connectivity index (χ1v) is 9.10. The largest absolute Gasteiger partial charge is 0.460 e. The lowest BCUT2D eigenvalue weighted by Gasteiger charge is -2.26. The molecule has 1 aromatic carbocycles. The van der Waals surface area contributed by atoms with Gasteiger partial charge in [0.25, 0.3) is 5.56 Å². The minimum Gasteiger partial charge on any atom is -0.460 e. The van der Waals surface area contributed by atoms with Crippen LogP contribution in [0.2, 0.25) is 10.0 Å². The first-order chi connectivity index (χ1) is 12.5. The van der Waals surface area contributed by atoms with Crippen molar-refractivity contribution in [3.63, 3.8) is 0 Å². The van der Waals surface area contributed by atoms with Crippen LogP contribution in [0.5, 0.6) is 0 Å². The van der Waals surface area contributed by atoms with Gasteiger partial charge in [0.15, 0.2) is 0 Å². The number of aryl methyl sites for hydroxylation is 1. The second-order valence-corrected chi connectivity index (χ2v) is 7.27. The van der Waals surface area contributed by atoms with Gasteiger partial charge in [-0.05, 0) is 37.3 Å². The summed E-state index contributed by atoms with van der Waals surface area (Å²) >= 11 is 12.2. The smallest absolute Gasteiger partial charge is 0.255 e. The lowest BCUT2D eigenvalue weighted by atomic mass is 10.1. The number of aromatic amines is 1. The van der Waals surface area contributed by atoms with E-state index < -0.39 is 0 Å². The van der Waals surface area contributed by atoms with Crippen LogP contribution in [0.4, 0.5) is 0 Å². The molecule has 26 heavy (non-hydrogen) atoms. The summed E-state index contributed by atoms with van der Waals surface area (Å²) < 4.78 is 5.96. The Morgan fingerprint density at radius 2 is 2.12 bits per heavy atom. The second-order valence-electron chi connectivity index (χ2n) is 6.43. The quantitative estimate of drug-likeness (QED) is 0.728. The Labute approximate surface area is 160 Å². The van der Waals surface area contributed by atoms with Gasteiger partial charge in [-0.3, -0.25) is 9.69 Å². The Kier molecular flexibility index (Phi) is 4.61. The van der Waals surface area contributed by atoms with Gasteiger partial charge in [-0.1, -0.05) is 23.2 Å². The van der Waals surface area contributed by atoms with Gasteiger partial charge in [0.2, 0.25) is 0 Å². The number of aromatic nitrogens is 2. The van der Waals surface area contributed by atoms with Gasteiger partial charge in [-0.15, -0.1) is 0 Å². The molecule has 134 valence electrons. The van der Waals surface area contributed by atoms with Crippen LogP contribution in [0.25, 0.3) is 11.3 Å².